The van der Waals surface area contributed by atoms with Gasteiger partial charge in [0.1, 0.15) is 0 Å². The standard InChI is InChI=1S/C17H26N2O/c1-3-12-18-14(2)7-6-13-19-16-9-5-4-8-15(16)10-11-17(19)20/h4-5,8-9,14,18H,3,6-7,10-13H2,1-2H3. The first-order valence-electron chi connectivity index (χ1n) is 7.84. The summed E-state index contributed by atoms with van der Waals surface area (Å²) in [5.41, 5.74) is 2.43. The van der Waals surface area contributed by atoms with Crippen LogP contribution in [0.3, 0.4) is 0 Å². The Morgan fingerprint density at radius 2 is 2.10 bits per heavy atom. The highest BCUT2D eigenvalue weighted by atomic mass is 16.2. The molecule has 1 heterocycles. The Balaban J connectivity index is 1.87. The summed E-state index contributed by atoms with van der Waals surface area (Å²) in [6.45, 7) is 6.32. The third kappa shape index (κ3) is 3.83. The molecule has 110 valence electrons. The van der Waals surface area contributed by atoms with Gasteiger partial charge in [0, 0.05) is 24.7 Å². The number of rotatable bonds is 7. The first-order valence-corrected chi connectivity index (χ1v) is 7.84. The van der Waals surface area contributed by atoms with Gasteiger partial charge in [-0.2, -0.15) is 0 Å². The van der Waals surface area contributed by atoms with E-state index < -0.39 is 0 Å². The van der Waals surface area contributed by atoms with Gasteiger partial charge in [0.05, 0.1) is 0 Å². The molecule has 2 rings (SSSR count). The first-order chi connectivity index (χ1) is 9.72. The molecule has 0 bridgehead atoms. The van der Waals surface area contributed by atoms with Crippen molar-refractivity contribution in [3.63, 3.8) is 0 Å². The molecule has 1 aromatic carbocycles. The van der Waals surface area contributed by atoms with E-state index in [4.69, 9.17) is 0 Å². The van der Waals surface area contributed by atoms with Crippen molar-refractivity contribution in [2.45, 2.75) is 52.0 Å². The van der Waals surface area contributed by atoms with Crippen molar-refractivity contribution in [3.8, 4) is 0 Å². The summed E-state index contributed by atoms with van der Waals surface area (Å²) in [5.74, 6) is 0.276. The number of nitrogens with one attached hydrogen (secondary N) is 1. The number of para-hydroxylation sites is 1. The molecule has 1 aromatic rings. The van der Waals surface area contributed by atoms with E-state index in [-0.39, 0.29) is 5.91 Å². The summed E-state index contributed by atoms with van der Waals surface area (Å²) in [4.78, 5) is 14.1. The Labute approximate surface area is 122 Å². The van der Waals surface area contributed by atoms with Crippen molar-refractivity contribution >= 4 is 11.6 Å². The second kappa shape index (κ2) is 7.44. The van der Waals surface area contributed by atoms with Crippen LogP contribution >= 0.6 is 0 Å². The molecular formula is C17H26N2O. The number of fused-ring (bicyclic) bond motifs is 1. The Morgan fingerprint density at radius 1 is 1.30 bits per heavy atom. The van der Waals surface area contributed by atoms with Gasteiger partial charge < -0.3 is 10.2 Å². The van der Waals surface area contributed by atoms with Crippen molar-refractivity contribution < 1.29 is 4.79 Å². The fraction of sp³-hybridized carbons (Fsp3) is 0.588. The molecule has 0 aliphatic carbocycles. The lowest BCUT2D eigenvalue weighted by Gasteiger charge is -2.29. The molecule has 1 N–H and O–H groups in total. The van der Waals surface area contributed by atoms with Crippen LogP contribution in [0.15, 0.2) is 24.3 Å². The van der Waals surface area contributed by atoms with Crippen molar-refractivity contribution in [1.82, 2.24) is 5.32 Å². The van der Waals surface area contributed by atoms with Crippen LogP contribution in [0.5, 0.6) is 0 Å². The SMILES string of the molecule is CCCNC(C)CCCN1C(=O)CCc2ccccc21. The quantitative estimate of drug-likeness (QED) is 0.828. The fourth-order valence-corrected chi connectivity index (χ4v) is 2.79. The van der Waals surface area contributed by atoms with E-state index in [0.717, 1.165) is 38.0 Å². The van der Waals surface area contributed by atoms with Crippen molar-refractivity contribution in [2.75, 3.05) is 18.0 Å². The van der Waals surface area contributed by atoms with Gasteiger partial charge in [-0.05, 0) is 50.8 Å². The summed E-state index contributed by atoms with van der Waals surface area (Å²) >= 11 is 0. The smallest absolute Gasteiger partial charge is 0.227 e. The Bertz CT molecular complexity index is 444. The molecule has 3 heteroatoms. The molecule has 1 unspecified atom stereocenters. The van der Waals surface area contributed by atoms with Crippen molar-refractivity contribution in [3.05, 3.63) is 29.8 Å². The Hall–Kier alpha value is -1.35. The summed E-state index contributed by atoms with van der Waals surface area (Å²) in [5, 5.41) is 3.50. The van der Waals surface area contributed by atoms with Crippen molar-refractivity contribution in [2.24, 2.45) is 0 Å². The average Bonchev–Trinajstić information content (AvgIpc) is 2.47. The first kappa shape index (κ1) is 15.0. The highest BCUT2D eigenvalue weighted by Gasteiger charge is 2.23. The van der Waals surface area contributed by atoms with E-state index in [1.54, 1.807) is 0 Å². The van der Waals surface area contributed by atoms with Gasteiger partial charge in [0.15, 0.2) is 0 Å². The molecule has 1 amide bonds. The van der Waals surface area contributed by atoms with E-state index in [0.29, 0.717) is 12.5 Å². The van der Waals surface area contributed by atoms with Gasteiger partial charge in [-0.25, -0.2) is 0 Å². The normalized spacial score (nSPS) is 16.1. The summed E-state index contributed by atoms with van der Waals surface area (Å²) in [6, 6.07) is 8.83. The van der Waals surface area contributed by atoms with Crippen molar-refractivity contribution in [1.29, 1.82) is 0 Å². The van der Waals surface area contributed by atoms with Gasteiger partial charge in [0.2, 0.25) is 5.91 Å². The monoisotopic (exact) mass is 274 g/mol. The van der Waals surface area contributed by atoms with E-state index in [9.17, 15) is 4.79 Å². The number of benzene rings is 1. The van der Waals surface area contributed by atoms with E-state index in [1.807, 2.05) is 11.0 Å². The minimum Gasteiger partial charge on any atom is -0.314 e. The maximum absolute atomic E-state index is 12.1. The van der Waals surface area contributed by atoms with Gasteiger partial charge in [0.25, 0.3) is 0 Å². The number of hydrogen-bond acceptors (Lipinski definition) is 2. The highest BCUT2D eigenvalue weighted by Crippen LogP contribution is 2.27. The largest absolute Gasteiger partial charge is 0.314 e. The number of carbonyl (C=O) groups excluding carboxylic acids is 1. The molecule has 0 saturated carbocycles. The maximum atomic E-state index is 12.1. The van der Waals surface area contributed by atoms with Crippen LogP contribution in [-0.4, -0.2) is 25.0 Å². The lowest BCUT2D eigenvalue weighted by Crippen LogP contribution is -2.36. The minimum atomic E-state index is 0.276. The number of hydrogen-bond donors (Lipinski definition) is 1. The molecule has 3 nitrogen and oxygen atoms in total. The van der Waals surface area contributed by atoms with Gasteiger partial charge in [-0.3, -0.25) is 4.79 Å². The third-order valence-corrected chi connectivity index (χ3v) is 3.95. The molecule has 1 aliphatic rings. The number of nitrogens with zero attached hydrogens (tertiary/aromatic N) is 1. The second-order valence-corrected chi connectivity index (χ2v) is 5.67. The molecule has 0 fully saturated rings. The van der Waals surface area contributed by atoms with Crippen LogP contribution in [0.25, 0.3) is 0 Å². The zero-order chi connectivity index (χ0) is 14.4. The summed E-state index contributed by atoms with van der Waals surface area (Å²) < 4.78 is 0. The number of amides is 1. The van der Waals surface area contributed by atoms with E-state index in [2.05, 4.69) is 37.4 Å². The van der Waals surface area contributed by atoms with Gasteiger partial charge in [-0.1, -0.05) is 25.1 Å². The number of carbonyl (C=O) groups is 1. The number of aryl methyl sites for hydroxylation is 1. The predicted molar refractivity (Wildman–Crippen MR) is 84.1 cm³/mol. The Kier molecular flexibility index (Phi) is 5.60. The zero-order valence-electron chi connectivity index (χ0n) is 12.7. The zero-order valence-corrected chi connectivity index (χ0v) is 12.7. The Morgan fingerprint density at radius 3 is 2.90 bits per heavy atom. The van der Waals surface area contributed by atoms with E-state index >= 15 is 0 Å². The third-order valence-electron chi connectivity index (χ3n) is 3.95. The number of anilines is 1. The summed E-state index contributed by atoms with van der Waals surface area (Å²) in [6.07, 6.45) is 4.88. The average molecular weight is 274 g/mol. The summed E-state index contributed by atoms with van der Waals surface area (Å²) in [7, 11) is 0. The molecule has 20 heavy (non-hydrogen) atoms. The molecule has 1 atom stereocenters. The van der Waals surface area contributed by atoms with Gasteiger partial charge in [-0.15, -0.1) is 0 Å². The second-order valence-electron chi connectivity index (χ2n) is 5.67. The van der Waals surface area contributed by atoms with Gasteiger partial charge >= 0.3 is 0 Å². The van der Waals surface area contributed by atoms with Crippen LogP contribution in [0, 0.1) is 0 Å². The van der Waals surface area contributed by atoms with Crippen LogP contribution < -0.4 is 10.2 Å². The van der Waals surface area contributed by atoms with Crippen LogP contribution in [0.2, 0.25) is 0 Å². The molecule has 1 aliphatic heterocycles. The topological polar surface area (TPSA) is 32.3 Å². The van der Waals surface area contributed by atoms with Crippen LogP contribution in [-0.2, 0) is 11.2 Å². The van der Waals surface area contributed by atoms with E-state index in [1.165, 1.54) is 12.0 Å². The molecule has 0 saturated heterocycles. The van der Waals surface area contributed by atoms with Crippen LogP contribution in [0.4, 0.5) is 5.69 Å². The maximum Gasteiger partial charge on any atom is 0.227 e. The molecule has 0 spiro atoms. The van der Waals surface area contributed by atoms with Crippen LogP contribution in [0.1, 0.15) is 45.1 Å². The molecular weight excluding hydrogens is 248 g/mol. The lowest BCUT2D eigenvalue weighted by atomic mass is 10.0. The lowest BCUT2D eigenvalue weighted by molar-refractivity contribution is -0.118. The fourth-order valence-electron chi connectivity index (χ4n) is 2.79. The minimum absolute atomic E-state index is 0.276. The highest BCUT2D eigenvalue weighted by molar-refractivity contribution is 5.96. The molecule has 0 aromatic heterocycles. The predicted octanol–water partition coefficient (Wildman–Crippen LogP) is 3.13. The molecule has 0 radical (unpaired) electrons.